The van der Waals surface area contributed by atoms with Gasteiger partial charge in [-0.05, 0) is 48.2 Å². The predicted octanol–water partition coefficient (Wildman–Crippen LogP) is 7.28. The number of benzene rings is 4. The quantitative estimate of drug-likeness (QED) is 0.171. The molecule has 0 radical (unpaired) electrons. The van der Waals surface area contributed by atoms with Gasteiger partial charge in [0, 0.05) is 19.0 Å². The summed E-state index contributed by atoms with van der Waals surface area (Å²) in [5.41, 5.74) is 1.75. The highest BCUT2D eigenvalue weighted by molar-refractivity contribution is 7.92. The highest BCUT2D eigenvalue weighted by Gasteiger charge is 2.36. The minimum Gasteiger partial charge on any atom is -0.352 e. The number of hydrogen-bond acceptors (Lipinski definition) is 4. The number of nitrogens with one attached hydrogen (secondary N) is 1. The van der Waals surface area contributed by atoms with Crippen LogP contribution in [0.4, 0.5) is 5.69 Å². The minimum atomic E-state index is -4.28. The van der Waals surface area contributed by atoms with Crippen LogP contribution in [0.1, 0.15) is 43.2 Å². The first kappa shape index (κ1) is 33.5. The van der Waals surface area contributed by atoms with Crippen molar-refractivity contribution in [1.29, 1.82) is 0 Å². The van der Waals surface area contributed by atoms with Crippen LogP contribution in [0.25, 0.3) is 0 Å². The van der Waals surface area contributed by atoms with Crippen molar-refractivity contribution in [3.05, 3.63) is 130 Å². The number of rotatable bonds is 12. The molecular weight excluding hydrogens is 641 g/mol. The van der Waals surface area contributed by atoms with Crippen LogP contribution in [-0.4, -0.2) is 43.8 Å². The Morgan fingerprint density at radius 1 is 0.761 bits per heavy atom. The van der Waals surface area contributed by atoms with E-state index in [-0.39, 0.29) is 45.5 Å². The normalized spacial score (nSPS) is 14.3. The summed E-state index contributed by atoms with van der Waals surface area (Å²) in [5.74, 6) is -0.822. The monoisotopic (exact) mass is 677 g/mol. The van der Waals surface area contributed by atoms with Gasteiger partial charge in [-0.3, -0.25) is 13.9 Å². The second kappa shape index (κ2) is 15.6. The Balaban J connectivity index is 1.57. The predicted molar refractivity (Wildman–Crippen MR) is 183 cm³/mol. The Morgan fingerprint density at radius 3 is 1.98 bits per heavy atom. The van der Waals surface area contributed by atoms with Gasteiger partial charge < -0.3 is 10.2 Å². The van der Waals surface area contributed by atoms with Crippen molar-refractivity contribution in [2.24, 2.45) is 0 Å². The maximum Gasteiger partial charge on any atom is 0.264 e. The lowest BCUT2D eigenvalue weighted by atomic mass is 9.94. The molecule has 2 amide bonds. The van der Waals surface area contributed by atoms with Crippen LogP contribution in [0, 0.1) is 0 Å². The summed E-state index contributed by atoms with van der Waals surface area (Å²) in [4.78, 5) is 30.2. The smallest absolute Gasteiger partial charge is 0.264 e. The molecule has 0 heterocycles. The SMILES string of the molecule is O=C(NC1CCCCC1)C(Cc1ccccc1)N(Cc1ccccc1)C(=O)CN(c1cccc(Cl)c1Cl)S(=O)(=O)c1ccccc1. The minimum absolute atomic E-state index is 0.00181. The van der Waals surface area contributed by atoms with Gasteiger partial charge in [-0.2, -0.15) is 0 Å². The van der Waals surface area contributed by atoms with Crippen LogP contribution in [0.3, 0.4) is 0 Å². The van der Waals surface area contributed by atoms with Gasteiger partial charge >= 0.3 is 0 Å². The molecule has 1 aliphatic carbocycles. The molecule has 240 valence electrons. The standard InChI is InChI=1S/C36H37Cl2N3O4S/c37-31-22-13-23-32(35(31)38)41(46(44,45)30-20-11-4-12-21-30)26-34(42)40(25-28-16-7-2-8-17-28)33(24-27-14-5-1-6-15-27)36(43)39-29-18-9-3-10-19-29/h1-2,4-8,11-17,20-23,29,33H,3,9-10,18-19,24-26H2,(H,39,43). The number of sulfonamides is 1. The zero-order chi connectivity index (χ0) is 32.5. The van der Waals surface area contributed by atoms with Crippen LogP contribution in [0.15, 0.2) is 114 Å². The Hall–Kier alpha value is -3.85. The Morgan fingerprint density at radius 2 is 1.35 bits per heavy atom. The van der Waals surface area contributed by atoms with Gasteiger partial charge in [0.25, 0.3) is 10.0 Å². The molecule has 5 rings (SSSR count). The number of carbonyl (C=O) groups excluding carboxylic acids is 2. The molecule has 4 aromatic carbocycles. The second-order valence-electron chi connectivity index (χ2n) is 11.5. The molecule has 1 unspecified atom stereocenters. The fourth-order valence-electron chi connectivity index (χ4n) is 5.80. The topological polar surface area (TPSA) is 86.8 Å². The van der Waals surface area contributed by atoms with E-state index in [9.17, 15) is 18.0 Å². The van der Waals surface area contributed by atoms with E-state index in [0.29, 0.717) is 0 Å². The first-order valence-electron chi connectivity index (χ1n) is 15.4. The lowest BCUT2D eigenvalue weighted by Gasteiger charge is -2.35. The van der Waals surface area contributed by atoms with Crippen molar-refractivity contribution >= 4 is 50.7 Å². The van der Waals surface area contributed by atoms with Gasteiger partial charge in [-0.25, -0.2) is 8.42 Å². The van der Waals surface area contributed by atoms with Gasteiger partial charge in [0.2, 0.25) is 11.8 Å². The van der Waals surface area contributed by atoms with Crippen molar-refractivity contribution in [3.63, 3.8) is 0 Å². The fourth-order valence-corrected chi connectivity index (χ4v) is 7.69. The zero-order valence-electron chi connectivity index (χ0n) is 25.4. The van der Waals surface area contributed by atoms with Gasteiger partial charge in [-0.15, -0.1) is 0 Å². The largest absolute Gasteiger partial charge is 0.352 e. The van der Waals surface area contributed by atoms with Crippen molar-refractivity contribution in [2.45, 2.75) is 62.0 Å². The van der Waals surface area contributed by atoms with Crippen molar-refractivity contribution in [2.75, 3.05) is 10.8 Å². The third-order valence-corrected chi connectivity index (χ3v) is 10.8. The molecule has 0 saturated heterocycles. The maximum atomic E-state index is 14.6. The third-order valence-electron chi connectivity index (χ3n) is 8.23. The molecule has 1 atom stereocenters. The summed E-state index contributed by atoms with van der Waals surface area (Å²) in [6, 6.07) is 30.5. The molecule has 1 N–H and O–H groups in total. The lowest BCUT2D eigenvalue weighted by Crippen LogP contribution is -2.55. The summed E-state index contributed by atoms with van der Waals surface area (Å²) in [5, 5.41) is 3.36. The molecule has 0 spiro atoms. The van der Waals surface area contributed by atoms with Crippen LogP contribution in [0.5, 0.6) is 0 Å². The second-order valence-corrected chi connectivity index (χ2v) is 14.1. The molecule has 10 heteroatoms. The summed E-state index contributed by atoms with van der Waals surface area (Å²) < 4.78 is 29.3. The first-order valence-corrected chi connectivity index (χ1v) is 17.6. The summed E-state index contributed by atoms with van der Waals surface area (Å²) >= 11 is 12.9. The highest BCUT2D eigenvalue weighted by Crippen LogP contribution is 2.35. The van der Waals surface area contributed by atoms with E-state index < -0.39 is 28.5 Å². The highest BCUT2D eigenvalue weighted by atomic mass is 35.5. The molecule has 1 saturated carbocycles. The molecule has 1 aliphatic rings. The lowest BCUT2D eigenvalue weighted by molar-refractivity contribution is -0.140. The number of carbonyl (C=O) groups is 2. The third kappa shape index (κ3) is 8.29. The van der Waals surface area contributed by atoms with Gasteiger partial charge in [-0.1, -0.05) is 127 Å². The number of halogens is 2. The van der Waals surface area contributed by atoms with E-state index in [4.69, 9.17) is 23.2 Å². The Kier molecular flexibility index (Phi) is 11.4. The van der Waals surface area contributed by atoms with Crippen molar-refractivity contribution < 1.29 is 18.0 Å². The van der Waals surface area contributed by atoms with Crippen molar-refractivity contribution in [1.82, 2.24) is 10.2 Å². The average Bonchev–Trinajstić information content (AvgIpc) is 3.08. The molecule has 46 heavy (non-hydrogen) atoms. The van der Waals surface area contributed by atoms with E-state index >= 15 is 0 Å². The van der Waals surface area contributed by atoms with Crippen LogP contribution in [-0.2, 0) is 32.6 Å². The van der Waals surface area contributed by atoms with E-state index in [0.717, 1.165) is 47.5 Å². The van der Waals surface area contributed by atoms with E-state index in [1.54, 1.807) is 30.3 Å². The maximum absolute atomic E-state index is 14.6. The van der Waals surface area contributed by atoms with Crippen molar-refractivity contribution in [3.8, 4) is 0 Å². The Labute approximate surface area is 281 Å². The summed E-state index contributed by atoms with van der Waals surface area (Å²) in [6.07, 6.45) is 5.22. The van der Waals surface area contributed by atoms with E-state index in [2.05, 4.69) is 5.32 Å². The summed E-state index contributed by atoms with van der Waals surface area (Å²) in [6.45, 7) is -0.510. The van der Waals surface area contributed by atoms with E-state index in [1.807, 2.05) is 60.7 Å². The molecule has 0 aromatic heterocycles. The molecule has 0 aliphatic heterocycles. The molecular formula is C36H37Cl2N3O4S. The molecule has 7 nitrogen and oxygen atoms in total. The van der Waals surface area contributed by atoms with Gasteiger partial charge in [0.05, 0.1) is 20.6 Å². The first-order chi connectivity index (χ1) is 22.2. The van der Waals surface area contributed by atoms with Gasteiger partial charge in [0.15, 0.2) is 0 Å². The Bertz CT molecular complexity index is 1720. The fraction of sp³-hybridized carbons (Fsp3) is 0.278. The number of anilines is 1. The summed E-state index contributed by atoms with van der Waals surface area (Å²) in [7, 11) is -4.28. The number of hydrogen-bond donors (Lipinski definition) is 1. The van der Waals surface area contributed by atoms with Crippen LogP contribution >= 0.6 is 23.2 Å². The van der Waals surface area contributed by atoms with Crippen LogP contribution < -0.4 is 9.62 Å². The average molecular weight is 679 g/mol. The molecule has 1 fully saturated rings. The number of amides is 2. The molecule has 4 aromatic rings. The van der Waals surface area contributed by atoms with Gasteiger partial charge in [0.1, 0.15) is 12.6 Å². The zero-order valence-corrected chi connectivity index (χ0v) is 27.7. The number of nitrogens with zero attached hydrogens (tertiary/aromatic N) is 2. The van der Waals surface area contributed by atoms with Crippen LogP contribution in [0.2, 0.25) is 10.0 Å². The molecule has 0 bridgehead atoms. The van der Waals surface area contributed by atoms with E-state index in [1.165, 1.54) is 23.1 Å².